The lowest BCUT2D eigenvalue weighted by atomic mass is 10.6. The maximum Gasteiger partial charge on any atom is 0.378 e. The van der Waals surface area contributed by atoms with Gasteiger partial charge in [0, 0.05) is 6.54 Å². The van der Waals surface area contributed by atoms with Gasteiger partial charge in [-0.15, -0.1) is 5.10 Å². The van der Waals surface area contributed by atoms with Gasteiger partial charge in [0.2, 0.25) is 0 Å². The van der Waals surface area contributed by atoms with Crippen molar-refractivity contribution in [3.8, 4) is 0 Å². The van der Waals surface area contributed by atoms with E-state index >= 15 is 0 Å². The van der Waals surface area contributed by atoms with Crippen LogP contribution in [0, 0.1) is 0 Å². The highest BCUT2D eigenvalue weighted by Crippen LogP contribution is 1.94. The van der Waals surface area contributed by atoms with Crippen molar-refractivity contribution in [3.05, 3.63) is 5.82 Å². The zero-order valence-electron chi connectivity index (χ0n) is 7.02. The topological polar surface area (TPSA) is 69.9 Å². The summed E-state index contributed by atoms with van der Waals surface area (Å²) >= 11 is 0. The Morgan fingerprint density at radius 1 is 1.58 bits per heavy atom. The highest BCUT2D eigenvalue weighted by atomic mass is 16.5. The number of aryl methyl sites for hydroxylation is 1. The van der Waals surface area contributed by atoms with Gasteiger partial charge in [-0.3, -0.25) is 0 Å². The summed E-state index contributed by atoms with van der Waals surface area (Å²) in [6.07, 6.45) is 0. The molecule has 1 rings (SSSR count). The minimum Gasteiger partial charge on any atom is -0.460 e. The maximum atomic E-state index is 11.1. The number of hydrogen-bond acceptors (Lipinski definition) is 5. The highest BCUT2D eigenvalue weighted by Gasteiger charge is 2.14. The van der Waals surface area contributed by atoms with Gasteiger partial charge in [0.15, 0.2) is 0 Å². The summed E-state index contributed by atoms with van der Waals surface area (Å²) in [5.41, 5.74) is 0. The van der Waals surface area contributed by atoms with E-state index in [1.807, 2.05) is 6.92 Å². The average Bonchev–Trinajstić information content (AvgIpc) is 2.51. The van der Waals surface area contributed by atoms with Gasteiger partial charge >= 0.3 is 5.97 Å². The molecule has 0 saturated heterocycles. The summed E-state index contributed by atoms with van der Waals surface area (Å²) in [7, 11) is 0. The van der Waals surface area contributed by atoms with E-state index in [1.54, 1.807) is 6.92 Å². The van der Waals surface area contributed by atoms with Crippen LogP contribution in [0.1, 0.15) is 24.5 Å². The molecule has 0 spiro atoms. The second-order valence-corrected chi connectivity index (χ2v) is 2.04. The first kappa shape index (κ1) is 8.63. The number of nitrogens with zero attached hydrogens (tertiary/aromatic N) is 4. The molecule has 66 valence electrons. The quantitative estimate of drug-likeness (QED) is 0.591. The maximum absolute atomic E-state index is 11.1. The third-order valence-corrected chi connectivity index (χ3v) is 1.29. The zero-order valence-corrected chi connectivity index (χ0v) is 7.02. The molecule has 0 amide bonds. The van der Waals surface area contributed by atoms with Crippen LogP contribution in [0.15, 0.2) is 0 Å². The molecule has 0 atom stereocenters. The Morgan fingerprint density at radius 2 is 2.33 bits per heavy atom. The Morgan fingerprint density at radius 3 is 2.92 bits per heavy atom. The third kappa shape index (κ3) is 1.58. The number of carbonyl (C=O) groups excluding carboxylic acids is 1. The number of ether oxygens (including phenoxy) is 1. The molecule has 6 nitrogen and oxygen atoms in total. The van der Waals surface area contributed by atoms with Crippen LogP contribution in [-0.2, 0) is 11.3 Å². The van der Waals surface area contributed by atoms with Gasteiger partial charge in [0.1, 0.15) is 0 Å². The Kier molecular flexibility index (Phi) is 2.73. The summed E-state index contributed by atoms with van der Waals surface area (Å²) < 4.78 is 6.11. The van der Waals surface area contributed by atoms with E-state index < -0.39 is 5.97 Å². The molecule has 0 aliphatic rings. The largest absolute Gasteiger partial charge is 0.460 e. The SMILES string of the molecule is CCOC(=O)c1nnnn1CC. The summed E-state index contributed by atoms with van der Waals surface area (Å²) in [6, 6.07) is 0. The van der Waals surface area contributed by atoms with E-state index in [1.165, 1.54) is 4.68 Å². The van der Waals surface area contributed by atoms with Gasteiger partial charge in [-0.05, 0) is 24.3 Å². The van der Waals surface area contributed by atoms with Crippen LogP contribution < -0.4 is 0 Å². The van der Waals surface area contributed by atoms with Crippen molar-refractivity contribution in [1.82, 2.24) is 20.2 Å². The predicted octanol–water partition coefficient (Wildman–Crippen LogP) is -0.130. The fourth-order valence-corrected chi connectivity index (χ4v) is 0.759. The van der Waals surface area contributed by atoms with Crippen molar-refractivity contribution in [2.24, 2.45) is 0 Å². The Labute approximate surface area is 69.5 Å². The molecule has 0 radical (unpaired) electrons. The van der Waals surface area contributed by atoms with Gasteiger partial charge in [-0.1, -0.05) is 0 Å². The van der Waals surface area contributed by atoms with Gasteiger partial charge < -0.3 is 4.74 Å². The summed E-state index contributed by atoms with van der Waals surface area (Å²) in [6.45, 7) is 4.47. The van der Waals surface area contributed by atoms with Crippen LogP contribution >= 0.6 is 0 Å². The minimum atomic E-state index is -0.482. The van der Waals surface area contributed by atoms with E-state index in [-0.39, 0.29) is 5.82 Å². The number of aromatic nitrogens is 4. The van der Waals surface area contributed by atoms with Crippen molar-refractivity contribution in [2.45, 2.75) is 20.4 Å². The van der Waals surface area contributed by atoms with Crippen LogP contribution in [0.25, 0.3) is 0 Å². The number of carbonyl (C=O) groups is 1. The second-order valence-electron chi connectivity index (χ2n) is 2.04. The average molecular weight is 170 g/mol. The summed E-state index contributed by atoms with van der Waals surface area (Å²) in [4.78, 5) is 11.1. The van der Waals surface area contributed by atoms with Crippen molar-refractivity contribution >= 4 is 5.97 Å². The molecule has 0 saturated carbocycles. The first-order chi connectivity index (χ1) is 5.79. The van der Waals surface area contributed by atoms with Gasteiger partial charge in [0.25, 0.3) is 5.82 Å². The van der Waals surface area contributed by atoms with Gasteiger partial charge in [-0.2, -0.15) is 0 Å². The number of tetrazole rings is 1. The molecule has 0 fully saturated rings. The van der Waals surface area contributed by atoms with E-state index in [9.17, 15) is 4.79 Å². The van der Waals surface area contributed by atoms with Crippen LogP contribution in [0.2, 0.25) is 0 Å². The first-order valence-electron chi connectivity index (χ1n) is 3.72. The number of esters is 1. The molecule has 0 bridgehead atoms. The van der Waals surface area contributed by atoms with E-state index in [2.05, 4.69) is 15.5 Å². The third-order valence-electron chi connectivity index (χ3n) is 1.29. The Bertz CT molecular complexity index is 270. The van der Waals surface area contributed by atoms with Crippen molar-refractivity contribution < 1.29 is 9.53 Å². The molecule has 1 aromatic heterocycles. The van der Waals surface area contributed by atoms with Gasteiger partial charge in [-0.25, -0.2) is 9.48 Å². The summed E-state index contributed by atoms with van der Waals surface area (Å²) in [5.74, 6) is -0.330. The molecular weight excluding hydrogens is 160 g/mol. The monoisotopic (exact) mass is 170 g/mol. The Hall–Kier alpha value is -1.46. The van der Waals surface area contributed by atoms with Crippen LogP contribution in [0.4, 0.5) is 0 Å². The molecule has 1 aromatic rings. The zero-order chi connectivity index (χ0) is 8.97. The fourth-order valence-electron chi connectivity index (χ4n) is 0.759. The predicted molar refractivity (Wildman–Crippen MR) is 39.4 cm³/mol. The van der Waals surface area contributed by atoms with E-state index in [0.717, 1.165) is 0 Å². The number of rotatable bonds is 3. The van der Waals surface area contributed by atoms with Crippen LogP contribution in [0.3, 0.4) is 0 Å². The standard InChI is InChI=1S/C6H10N4O2/c1-3-10-5(7-8-9-10)6(11)12-4-2/h3-4H2,1-2H3. The molecule has 0 aliphatic carbocycles. The lowest BCUT2D eigenvalue weighted by Gasteiger charge is -1.99. The van der Waals surface area contributed by atoms with Crippen molar-refractivity contribution in [1.29, 1.82) is 0 Å². The molecule has 1 heterocycles. The van der Waals surface area contributed by atoms with Crippen LogP contribution in [-0.4, -0.2) is 32.8 Å². The summed E-state index contributed by atoms with van der Waals surface area (Å²) in [5, 5.41) is 10.5. The first-order valence-corrected chi connectivity index (χ1v) is 3.72. The molecule has 0 aromatic carbocycles. The van der Waals surface area contributed by atoms with Crippen molar-refractivity contribution in [2.75, 3.05) is 6.61 Å². The molecule has 0 N–H and O–H groups in total. The second kappa shape index (κ2) is 3.80. The van der Waals surface area contributed by atoms with E-state index in [4.69, 9.17) is 4.74 Å². The minimum absolute atomic E-state index is 0.152. The highest BCUT2D eigenvalue weighted by molar-refractivity contribution is 5.85. The number of hydrogen-bond donors (Lipinski definition) is 0. The Balaban J connectivity index is 2.79. The molecule has 6 heteroatoms. The lowest BCUT2D eigenvalue weighted by Crippen LogP contribution is -2.13. The fraction of sp³-hybridized carbons (Fsp3) is 0.667. The van der Waals surface area contributed by atoms with Gasteiger partial charge in [0.05, 0.1) is 6.61 Å². The van der Waals surface area contributed by atoms with Crippen LogP contribution in [0.5, 0.6) is 0 Å². The molecule has 12 heavy (non-hydrogen) atoms. The molecular formula is C6H10N4O2. The molecule has 0 aliphatic heterocycles. The van der Waals surface area contributed by atoms with E-state index in [0.29, 0.717) is 13.2 Å². The lowest BCUT2D eigenvalue weighted by molar-refractivity contribution is 0.0504. The normalized spacial score (nSPS) is 9.83. The molecule has 0 unspecified atom stereocenters. The smallest absolute Gasteiger partial charge is 0.378 e. The van der Waals surface area contributed by atoms with Crippen molar-refractivity contribution in [3.63, 3.8) is 0 Å².